The first-order valence-corrected chi connectivity index (χ1v) is 6.10. The first kappa shape index (κ1) is 10.4. The Balaban J connectivity index is 2.05. The van der Waals surface area contributed by atoms with Crippen molar-refractivity contribution >= 4 is 0 Å². The van der Waals surface area contributed by atoms with Crippen LogP contribution >= 0.6 is 0 Å². The normalized spacial score (nSPS) is 34.9. The van der Waals surface area contributed by atoms with E-state index in [1.807, 2.05) is 0 Å². The molecule has 0 aromatic rings. The quantitative estimate of drug-likeness (QED) is 0.690. The predicted molar refractivity (Wildman–Crippen MR) is 60.5 cm³/mol. The molecule has 0 spiro atoms. The van der Waals surface area contributed by atoms with E-state index in [1.165, 1.54) is 32.2 Å². The van der Waals surface area contributed by atoms with Gasteiger partial charge in [-0.05, 0) is 33.6 Å². The summed E-state index contributed by atoms with van der Waals surface area (Å²) in [4.78, 5) is 2.75. The molecule has 1 aliphatic heterocycles. The van der Waals surface area contributed by atoms with Crippen molar-refractivity contribution in [3.05, 3.63) is 0 Å². The summed E-state index contributed by atoms with van der Waals surface area (Å²) in [6, 6.07) is 1.54. The van der Waals surface area contributed by atoms with Gasteiger partial charge in [-0.2, -0.15) is 0 Å². The minimum absolute atomic E-state index is 0.363. The molecule has 1 atom stereocenters. The third-order valence-corrected chi connectivity index (χ3v) is 3.90. The first-order chi connectivity index (χ1) is 6.59. The van der Waals surface area contributed by atoms with E-state index in [-0.39, 0.29) is 0 Å². The Morgan fingerprint density at radius 2 is 1.86 bits per heavy atom. The molecule has 1 saturated carbocycles. The molecule has 2 fully saturated rings. The van der Waals surface area contributed by atoms with Gasteiger partial charge in [0, 0.05) is 30.7 Å². The molecule has 2 heteroatoms. The van der Waals surface area contributed by atoms with Crippen molar-refractivity contribution in [2.24, 2.45) is 0 Å². The van der Waals surface area contributed by atoms with Crippen LogP contribution in [0.5, 0.6) is 0 Å². The maximum Gasteiger partial charge on any atom is 0.0281 e. The summed E-state index contributed by atoms with van der Waals surface area (Å²) in [7, 11) is 0. The fourth-order valence-electron chi connectivity index (χ4n) is 2.99. The molecule has 0 radical (unpaired) electrons. The van der Waals surface area contributed by atoms with Crippen LogP contribution in [0.1, 0.15) is 46.5 Å². The lowest BCUT2D eigenvalue weighted by atomic mass is 9.95. The van der Waals surface area contributed by atoms with E-state index in [4.69, 9.17) is 0 Å². The molecule has 0 aromatic carbocycles. The lowest BCUT2D eigenvalue weighted by Crippen LogP contribution is -2.63. The summed E-state index contributed by atoms with van der Waals surface area (Å²) in [5.41, 5.74) is 0.363. The summed E-state index contributed by atoms with van der Waals surface area (Å²) in [5, 5.41) is 3.58. The second kappa shape index (κ2) is 3.82. The fraction of sp³-hybridized carbons (Fsp3) is 1.00. The van der Waals surface area contributed by atoms with Crippen molar-refractivity contribution in [1.29, 1.82) is 0 Å². The highest BCUT2D eigenvalue weighted by atomic mass is 15.3. The summed E-state index contributed by atoms with van der Waals surface area (Å²) in [6.07, 6.45) is 5.74. The second-order valence-electron chi connectivity index (χ2n) is 5.69. The van der Waals surface area contributed by atoms with Gasteiger partial charge in [0.1, 0.15) is 0 Å². The number of hydrogen-bond donors (Lipinski definition) is 1. The molecule has 2 rings (SSSR count). The zero-order valence-electron chi connectivity index (χ0n) is 9.84. The molecule has 2 nitrogen and oxygen atoms in total. The van der Waals surface area contributed by atoms with Crippen LogP contribution in [0.25, 0.3) is 0 Å². The van der Waals surface area contributed by atoms with Gasteiger partial charge in [0.05, 0.1) is 0 Å². The zero-order chi connectivity index (χ0) is 10.2. The summed E-state index contributed by atoms with van der Waals surface area (Å²) in [5.74, 6) is 0. The molecule has 2 aliphatic rings. The van der Waals surface area contributed by atoms with E-state index in [1.54, 1.807) is 0 Å². The van der Waals surface area contributed by atoms with Crippen molar-refractivity contribution in [2.45, 2.75) is 64.1 Å². The number of nitrogens with one attached hydrogen (secondary N) is 1. The second-order valence-corrected chi connectivity index (χ2v) is 5.69. The Kier molecular flexibility index (Phi) is 2.85. The minimum Gasteiger partial charge on any atom is -0.311 e. The average molecular weight is 196 g/mol. The third kappa shape index (κ3) is 1.96. The Bertz CT molecular complexity index is 194. The molecule has 1 N–H and O–H groups in total. The SMILES string of the molecule is CC1CN(C2CCCC2)C(C)(C)CN1. The monoisotopic (exact) mass is 196 g/mol. The molecule has 0 amide bonds. The maximum absolute atomic E-state index is 3.58. The van der Waals surface area contributed by atoms with Crippen LogP contribution in [0.2, 0.25) is 0 Å². The van der Waals surface area contributed by atoms with E-state index < -0.39 is 0 Å². The van der Waals surface area contributed by atoms with Gasteiger partial charge < -0.3 is 5.32 Å². The van der Waals surface area contributed by atoms with Gasteiger partial charge >= 0.3 is 0 Å². The van der Waals surface area contributed by atoms with Crippen LogP contribution in [-0.2, 0) is 0 Å². The van der Waals surface area contributed by atoms with E-state index in [2.05, 4.69) is 31.0 Å². The molecular weight excluding hydrogens is 172 g/mol. The largest absolute Gasteiger partial charge is 0.311 e. The number of rotatable bonds is 1. The minimum atomic E-state index is 0.363. The highest BCUT2D eigenvalue weighted by Crippen LogP contribution is 2.30. The Hall–Kier alpha value is -0.0800. The predicted octanol–water partition coefficient (Wildman–Crippen LogP) is 2.00. The highest BCUT2D eigenvalue weighted by molar-refractivity contribution is 4.95. The third-order valence-electron chi connectivity index (χ3n) is 3.90. The number of piperazine rings is 1. The number of nitrogens with zero attached hydrogens (tertiary/aromatic N) is 1. The van der Waals surface area contributed by atoms with Gasteiger partial charge in [0.2, 0.25) is 0 Å². The van der Waals surface area contributed by atoms with Gasteiger partial charge in [0.25, 0.3) is 0 Å². The van der Waals surface area contributed by atoms with Crippen molar-refractivity contribution < 1.29 is 0 Å². The molecular formula is C12H24N2. The van der Waals surface area contributed by atoms with Crippen LogP contribution in [0.15, 0.2) is 0 Å². The van der Waals surface area contributed by atoms with E-state index in [0.717, 1.165) is 12.6 Å². The molecule has 1 heterocycles. The van der Waals surface area contributed by atoms with Crippen molar-refractivity contribution in [3.63, 3.8) is 0 Å². The fourth-order valence-corrected chi connectivity index (χ4v) is 2.99. The zero-order valence-corrected chi connectivity index (χ0v) is 9.84. The van der Waals surface area contributed by atoms with Crippen LogP contribution < -0.4 is 5.32 Å². The van der Waals surface area contributed by atoms with Gasteiger partial charge in [-0.15, -0.1) is 0 Å². The van der Waals surface area contributed by atoms with Crippen molar-refractivity contribution in [1.82, 2.24) is 10.2 Å². The van der Waals surface area contributed by atoms with Crippen LogP contribution in [0.3, 0.4) is 0 Å². The van der Waals surface area contributed by atoms with Crippen LogP contribution in [0, 0.1) is 0 Å². The van der Waals surface area contributed by atoms with Gasteiger partial charge in [-0.25, -0.2) is 0 Å². The van der Waals surface area contributed by atoms with Gasteiger partial charge in [0.15, 0.2) is 0 Å². The lowest BCUT2D eigenvalue weighted by molar-refractivity contribution is 0.0304. The summed E-state index contributed by atoms with van der Waals surface area (Å²) < 4.78 is 0. The summed E-state index contributed by atoms with van der Waals surface area (Å²) in [6.45, 7) is 9.44. The summed E-state index contributed by atoms with van der Waals surface area (Å²) >= 11 is 0. The molecule has 14 heavy (non-hydrogen) atoms. The molecule has 1 saturated heterocycles. The van der Waals surface area contributed by atoms with Crippen LogP contribution in [0.4, 0.5) is 0 Å². The maximum atomic E-state index is 3.58. The smallest absolute Gasteiger partial charge is 0.0281 e. The molecule has 0 aromatic heterocycles. The Morgan fingerprint density at radius 1 is 1.21 bits per heavy atom. The van der Waals surface area contributed by atoms with Crippen LogP contribution in [-0.4, -0.2) is 35.6 Å². The van der Waals surface area contributed by atoms with Gasteiger partial charge in [-0.1, -0.05) is 12.8 Å². The topological polar surface area (TPSA) is 15.3 Å². The van der Waals surface area contributed by atoms with E-state index >= 15 is 0 Å². The lowest BCUT2D eigenvalue weighted by Gasteiger charge is -2.48. The molecule has 0 bridgehead atoms. The van der Waals surface area contributed by atoms with Crippen molar-refractivity contribution in [3.8, 4) is 0 Å². The van der Waals surface area contributed by atoms with Gasteiger partial charge in [-0.3, -0.25) is 4.90 Å². The molecule has 1 aliphatic carbocycles. The first-order valence-electron chi connectivity index (χ1n) is 6.10. The Labute approximate surface area is 88.1 Å². The average Bonchev–Trinajstić information content (AvgIpc) is 2.62. The number of hydrogen-bond acceptors (Lipinski definition) is 2. The van der Waals surface area contributed by atoms with E-state index in [9.17, 15) is 0 Å². The molecule has 82 valence electrons. The highest BCUT2D eigenvalue weighted by Gasteiger charge is 2.37. The van der Waals surface area contributed by atoms with E-state index in [0.29, 0.717) is 11.6 Å². The standard InChI is InChI=1S/C12H24N2/c1-10-8-14(11-6-4-5-7-11)12(2,3)9-13-10/h10-11,13H,4-9H2,1-3H3. The molecule has 1 unspecified atom stereocenters. The Morgan fingerprint density at radius 3 is 2.50 bits per heavy atom. The van der Waals surface area contributed by atoms with Crippen molar-refractivity contribution in [2.75, 3.05) is 13.1 Å².